The lowest BCUT2D eigenvalue weighted by Gasteiger charge is -2.31. The minimum Gasteiger partial charge on any atom is -0.493 e. The highest BCUT2D eigenvalue weighted by Crippen LogP contribution is 2.31. The number of ether oxygens (including phenoxy) is 2. The molecule has 29 heavy (non-hydrogen) atoms. The molecule has 3 rings (SSSR count). The quantitative estimate of drug-likeness (QED) is 0.672. The summed E-state index contributed by atoms with van der Waals surface area (Å²) in [7, 11) is 1.59. The number of benzene rings is 1. The fraction of sp³-hybridized carbons (Fsp3) is 0.652. The molecule has 2 fully saturated rings. The van der Waals surface area contributed by atoms with Gasteiger partial charge in [0.1, 0.15) is 6.10 Å². The van der Waals surface area contributed by atoms with Crippen molar-refractivity contribution in [1.82, 2.24) is 10.2 Å². The van der Waals surface area contributed by atoms with Crippen LogP contribution >= 0.6 is 0 Å². The summed E-state index contributed by atoms with van der Waals surface area (Å²) in [5, 5.41) is 3.02. The Balaban J connectivity index is 1.48. The molecule has 2 aliphatic rings. The van der Waals surface area contributed by atoms with Crippen molar-refractivity contribution in [3.8, 4) is 11.5 Å². The summed E-state index contributed by atoms with van der Waals surface area (Å²) >= 11 is 0. The average Bonchev–Trinajstić information content (AvgIpc) is 3.25. The first-order valence-corrected chi connectivity index (χ1v) is 10.9. The van der Waals surface area contributed by atoms with E-state index in [1.165, 1.54) is 32.1 Å². The number of hydrogen-bond acceptors (Lipinski definition) is 4. The summed E-state index contributed by atoms with van der Waals surface area (Å²) in [5.74, 6) is 2.10. The maximum absolute atomic E-state index is 12.5. The summed E-state index contributed by atoms with van der Waals surface area (Å²) in [5.41, 5.74) is 0.585. The monoisotopic (exact) mass is 402 g/mol. The van der Waals surface area contributed by atoms with Crippen molar-refractivity contribution < 1.29 is 19.1 Å². The third-order valence-corrected chi connectivity index (χ3v) is 6.16. The van der Waals surface area contributed by atoms with Gasteiger partial charge in [-0.3, -0.25) is 9.59 Å². The van der Waals surface area contributed by atoms with Crippen molar-refractivity contribution in [2.24, 2.45) is 5.92 Å². The minimum absolute atomic E-state index is 0.0507. The predicted molar refractivity (Wildman–Crippen MR) is 112 cm³/mol. The van der Waals surface area contributed by atoms with E-state index in [2.05, 4.69) is 5.32 Å². The molecular weight excluding hydrogens is 368 g/mol. The highest BCUT2D eigenvalue weighted by atomic mass is 16.5. The zero-order valence-electron chi connectivity index (χ0n) is 17.7. The molecule has 1 aromatic rings. The van der Waals surface area contributed by atoms with Gasteiger partial charge in [-0.05, 0) is 37.0 Å². The van der Waals surface area contributed by atoms with E-state index in [9.17, 15) is 9.59 Å². The van der Waals surface area contributed by atoms with Gasteiger partial charge in [-0.2, -0.15) is 0 Å². The molecule has 1 saturated heterocycles. The van der Waals surface area contributed by atoms with Crippen LogP contribution in [0, 0.1) is 5.92 Å². The van der Waals surface area contributed by atoms with Gasteiger partial charge in [0.05, 0.1) is 7.11 Å². The number of nitrogens with one attached hydrogen (secondary N) is 1. The molecule has 1 heterocycles. The number of nitrogens with zero attached hydrogens (tertiary/aromatic N) is 1. The lowest BCUT2D eigenvalue weighted by atomic mass is 10.0. The highest BCUT2D eigenvalue weighted by Gasteiger charge is 2.23. The molecule has 6 heteroatoms. The van der Waals surface area contributed by atoms with Crippen LogP contribution in [0.5, 0.6) is 11.5 Å². The van der Waals surface area contributed by atoms with Gasteiger partial charge in [0, 0.05) is 45.0 Å². The molecule has 0 unspecified atom stereocenters. The van der Waals surface area contributed by atoms with Crippen LogP contribution in [-0.2, 0) is 4.79 Å². The zero-order valence-corrected chi connectivity index (χ0v) is 17.7. The lowest BCUT2D eigenvalue weighted by Crippen LogP contribution is -2.40. The fourth-order valence-electron chi connectivity index (χ4n) is 4.37. The van der Waals surface area contributed by atoms with E-state index >= 15 is 0 Å². The van der Waals surface area contributed by atoms with E-state index in [1.54, 1.807) is 26.2 Å². The first kappa shape index (κ1) is 21.5. The fourth-order valence-corrected chi connectivity index (χ4v) is 4.37. The van der Waals surface area contributed by atoms with Crippen LogP contribution < -0.4 is 14.8 Å². The minimum atomic E-state index is -0.0731. The summed E-state index contributed by atoms with van der Waals surface area (Å²) < 4.78 is 11.6. The van der Waals surface area contributed by atoms with Crippen LogP contribution in [0.25, 0.3) is 0 Å². The first-order chi connectivity index (χ1) is 14.1. The number of likely N-dealkylation sites (tertiary alicyclic amines) is 1. The van der Waals surface area contributed by atoms with Crippen LogP contribution in [-0.4, -0.2) is 49.6 Å². The van der Waals surface area contributed by atoms with Crippen molar-refractivity contribution in [2.75, 3.05) is 26.7 Å². The third-order valence-electron chi connectivity index (χ3n) is 6.16. The molecular formula is C23H34N2O4. The molecule has 1 aromatic carbocycles. The molecule has 0 bridgehead atoms. The maximum Gasteiger partial charge on any atom is 0.251 e. The van der Waals surface area contributed by atoms with E-state index in [1.807, 2.05) is 11.0 Å². The smallest absolute Gasteiger partial charge is 0.251 e. The van der Waals surface area contributed by atoms with Crippen molar-refractivity contribution in [1.29, 1.82) is 0 Å². The van der Waals surface area contributed by atoms with Crippen molar-refractivity contribution in [2.45, 2.75) is 64.4 Å². The van der Waals surface area contributed by atoms with Crippen molar-refractivity contribution in [3.05, 3.63) is 23.8 Å². The predicted octanol–water partition coefficient (Wildman–Crippen LogP) is 3.79. The lowest BCUT2D eigenvalue weighted by molar-refractivity contribution is -0.130. The second-order valence-electron chi connectivity index (χ2n) is 8.24. The molecule has 6 nitrogen and oxygen atoms in total. The Kier molecular flexibility index (Phi) is 7.78. The van der Waals surface area contributed by atoms with Crippen molar-refractivity contribution >= 4 is 11.8 Å². The normalized spacial score (nSPS) is 17.9. The molecule has 1 aliphatic carbocycles. The van der Waals surface area contributed by atoms with Crippen LogP contribution in [0.15, 0.2) is 18.2 Å². The van der Waals surface area contributed by atoms with Crippen molar-refractivity contribution in [3.63, 3.8) is 0 Å². The van der Waals surface area contributed by atoms with Crippen LogP contribution in [0.3, 0.4) is 0 Å². The van der Waals surface area contributed by atoms with Gasteiger partial charge in [-0.15, -0.1) is 0 Å². The number of methoxy groups -OCH3 is 1. The molecule has 1 aliphatic heterocycles. The van der Waals surface area contributed by atoms with Crippen LogP contribution in [0.4, 0.5) is 0 Å². The van der Waals surface area contributed by atoms with Gasteiger partial charge in [-0.25, -0.2) is 0 Å². The molecule has 2 amide bonds. The zero-order chi connectivity index (χ0) is 20.6. The van der Waals surface area contributed by atoms with Gasteiger partial charge in [0.2, 0.25) is 5.91 Å². The van der Waals surface area contributed by atoms with Crippen LogP contribution in [0.1, 0.15) is 68.6 Å². The summed E-state index contributed by atoms with van der Waals surface area (Å²) in [6.07, 6.45) is 9.31. The highest BCUT2D eigenvalue weighted by molar-refractivity contribution is 5.94. The van der Waals surface area contributed by atoms with E-state index in [0.717, 1.165) is 25.2 Å². The van der Waals surface area contributed by atoms with E-state index < -0.39 is 0 Å². The van der Waals surface area contributed by atoms with Gasteiger partial charge in [0.25, 0.3) is 5.91 Å². The summed E-state index contributed by atoms with van der Waals surface area (Å²) in [6.45, 7) is 3.74. The van der Waals surface area contributed by atoms with E-state index in [4.69, 9.17) is 9.47 Å². The third kappa shape index (κ3) is 6.12. The number of piperidine rings is 1. The molecule has 0 spiro atoms. The molecule has 1 saturated carbocycles. The van der Waals surface area contributed by atoms with Crippen LogP contribution in [0.2, 0.25) is 0 Å². The Labute approximate surface area is 173 Å². The first-order valence-electron chi connectivity index (χ1n) is 10.9. The van der Waals surface area contributed by atoms with E-state index in [0.29, 0.717) is 36.7 Å². The maximum atomic E-state index is 12.5. The molecule has 160 valence electrons. The van der Waals surface area contributed by atoms with Gasteiger partial charge < -0.3 is 19.7 Å². The standard InChI is InChI=1S/C23H34N2O4/c1-17(26)25-14-11-20(12-15-25)29-21-10-9-19(16-22(21)28-2)23(27)24-13-5-8-18-6-3-4-7-18/h9-10,16,18,20H,3-8,11-15H2,1-2H3,(H,24,27). The van der Waals surface area contributed by atoms with Gasteiger partial charge in [-0.1, -0.05) is 25.7 Å². The molecule has 1 N–H and O–H groups in total. The molecule has 0 atom stereocenters. The van der Waals surface area contributed by atoms with E-state index in [-0.39, 0.29) is 17.9 Å². The Bertz CT molecular complexity index is 692. The molecule has 0 radical (unpaired) electrons. The summed E-state index contributed by atoms with van der Waals surface area (Å²) in [4.78, 5) is 25.8. The summed E-state index contributed by atoms with van der Waals surface area (Å²) in [6, 6.07) is 5.34. The Morgan fingerprint density at radius 1 is 1.10 bits per heavy atom. The number of rotatable bonds is 8. The SMILES string of the molecule is COc1cc(C(=O)NCCCC2CCCC2)ccc1OC1CCN(C(C)=O)CC1. The topological polar surface area (TPSA) is 67.9 Å². The Hall–Kier alpha value is -2.24. The van der Waals surface area contributed by atoms with Gasteiger partial charge >= 0.3 is 0 Å². The second kappa shape index (κ2) is 10.5. The second-order valence-corrected chi connectivity index (χ2v) is 8.24. The Morgan fingerprint density at radius 3 is 2.48 bits per heavy atom. The molecule has 0 aromatic heterocycles. The number of hydrogen-bond donors (Lipinski definition) is 1. The number of carbonyl (C=O) groups is 2. The number of carbonyl (C=O) groups excluding carboxylic acids is 2. The van der Waals surface area contributed by atoms with Gasteiger partial charge in [0.15, 0.2) is 11.5 Å². The average molecular weight is 403 g/mol. The number of amides is 2. The largest absolute Gasteiger partial charge is 0.493 e. The Morgan fingerprint density at radius 2 is 1.83 bits per heavy atom.